The lowest BCUT2D eigenvalue weighted by molar-refractivity contribution is -0.108. The fourth-order valence-corrected chi connectivity index (χ4v) is 12.0. The summed E-state index contributed by atoms with van der Waals surface area (Å²) in [6.45, 7) is 25.1. The van der Waals surface area contributed by atoms with Crippen molar-refractivity contribution >= 4 is 11.6 Å². The summed E-state index contributed by atoms with van der Waals surface area (Å²) in [6.07, 6.45) is 18.0. The fraction of sp³-hybridized carbons (Fsp3) is 0.818. The van der Waals surface area contributed by atoms with E-state index < -0.39 is 0 Å². The van der Waals surface area contributed by atoms with Gasteiger partial charge in [-0.15, -0.1) is 0 Å². The Balaban J connectivity index is 0.000000908. The molecule has 46 heavy (non-hydrogen) atoms. The van der Waals surface area contributed by atoms with E-state index in [-0.39, 0.29) is 17.5 Å². The van der Waals surface area contributed by atoms with Gasteiger partial charge in [-0.05, 0) is 122 Å². The number of ketones is 2. The maximum absolute atomic E-state index is 13.2. The third kappa shape index (κ3) is 7.27. The molecule has 0 heterocycles. The van der Waals surface area contributed by atoms with E-state index in [1.807, 2.05) is 65.8 Å². The summed E-state index contributed by atoms with van der Waals surface area (Å²) in [5, 5.41) is 0. The largest absolute Gasteiger partial charge is 0.294 e. The molecule has 1 aromatic rings. The second kappa shape index (κ2) is 17.3. The van der Waals surface area contributed by atoms with Crippen LogP contribution in [0.5, 0.6) is 0 Å². The molecule has 1 aromatic carbocycles. The van der Waals surface area contributed by atoms with Gasteiger partial charge in [0.2, 0.25) is 0 Å². The van der Waals surface area contributed by atoms with Crippen LogP contribution in [0.15, 0.2) is 24.3 Å². The number of Topliss-reactive ketones (excluding diaryl/α,β-unsaturated/α-hetero) is 2. The molecule has 0 saturated heterocycles. The van der Waals surface area contributed by atoms with Crippen molar-refractivity contribution in [2.45, 2.75) is 166 Å². The van der Waals surface area contributed by atoms with Crippen LogP contribution in [0, 0.1) is 64.1 Å². The van der Waals surface area contributed by atoms with Gasteiger partial charge in [-0.2, -0.15) is 0 Å². The smallest absolute Gasteiger partial charge is 0.167 e. The highest BCUT2D eigenvalue weighted by Gasteiger charge is 2.61. The fourth-order valence-electron chi connectivity index (χ4n) is 12.0. The summed E-state index contributed by atoms with van der Waals surface area (Å²) in [5.41, 5.74) is 2.37. The number of hydrogen-bond donors (Lipinski definition) is 0. The molecule has 4 saturated carbocycles. The third-order valence-corrected chi connectivity index (χ3v) is 14.3. The van der Waals surface area contributed by atoms with E-state index in [2.05, 4.69) is 34.6 Å². The lowest BCUT2D eigenvalue weighted by Crippen LogP contribution is -2.53. The summed E-state index contributed by atoms with van der Waals surface area (Å²) in [7, 11) is 0. The number of fused-ring (bicyclic) bond motifs is 6. The van der Waals surface area contributed by atoms with Gasteiger partial charge in [-0.25, -0.2) is 0 Å². The topological polar surface area (TPSA) is 34.1 Å². The minimum atomic E-state index is -0.100. The molecule has 6 rings (SSSR count). The van der Waals surface area contributed by atoms with Crippen LogP contribution >= 0.6 is 0 Å². The number of carbonyl (C=O) groups excluding carboxylic acids is 2. The van der Waals surface area contributed by atoms with Crippen molar-refractivity contribution < 1.29 is 9.59 Å². The monoisotopic (exact) mass is 635 g/mol. The van der Waals surface area contributed by atoms with Crippen molar-refractivity contribution in [1.82, 2.24) is 0 Å². The van der Waals surface area contributed by atoms with Crippen molar-refractivity contribution in [2.24, 2.45) is 64.1 Å². The summed E-state index contributed by atoms with van der Waals surface area (Å²) >= 11 is 0. The second-order valence-corrected chi connectivity index (χ2v) is 15.9. The van der Waals surface area contributed by atoms with Crippen molar-refractivity contribution in [3.63, 3.8) is 0 Å². The van der Waals surface area contributed by atoms with Crippen molar-refractivity contribution in [2.75, 3.05) is 0 Å². The second-order valence-electron chi connectivity index (χ2n) is 15.9. The van der Waals surface area contributed by atoms with E-state index >= 15 is 0 Å². The number of hydrogen-bond acceptors (Lipinski definition) is 2. The van der Waals surface area contributed by atoms with E-state index in [9.17, 15) is 9.59 Å². The van der Waals surface area contributed by atoms with Crippen LogP contribution in [0.2, 0.25) is 0 Å². The number of carbonyl (C=O) groups is 2. The predicted molar refractivity (Wildman–Crippen MR) is 198 cm³/mol. The highest BCUT2D eigenvalue weighted by Crippen LogP contribution is 2.69. The van der Waals surface area contributed by atoms with Gasteiger partial charge < -0.3 is 0 Å². The Morgan fingerprint density at radius 3 is 2.17 bits per heavy atom. The van der Waals surface area contributed by atoms with Gasteiger partial charge >= 0.3 is 0 Å². The van der Waals surface area contributed by atoms with Crippen molar-refractivity contribution in [3.05, 3.63) is 35.4 Å². The highest BCUT2D eigenvalue weighted by atomic mass is 16.1. The average Bonchev–Trinajstić information content (AvgIpc) is 3.38. The Morgan fingerprint density at radius 2 is 1.50 bits per heavy atom. The van der Waals surface area contributed by atoms with Crippen LogP contribution in [0.4, 0.5) is 0 Å². The van der Waals surface area contributed by atoms with Gasteiger partial charge in [-0.1, -0.05) is 120 Å². The molecule has 0 aromatic heterocycles. The van der Waals surface area contributed by atoms with Gasteiger partial charge in [0.05, 0.1) is 0 Å². The molecule has 2 nitrogen and oxygen atoms in total. The first-order chi connectivity index (χ1) is 22.2. The predicted octanol–water partition coefficient (Wildman–Crippen LogP) is 13.3. The summed E-state index contributed by atoms with van der Waals surface area (Å²) < 4.78 is 0. The molecule has 262 valence electrons. The first-order valence-corrected chi connectivity index (χ1v) is 20.3. The first kappa shape index (κ1) is 39.0. The maximum Gasteiger partial charge on any atom is 0.167 e. The third-order valence-electron chi connectivity index (χ3n) is 14.3. The minimum absolute atomic E-state index is 0.100. The molecule has 5 aliphatic carbocycles. The van der Waals surface area contributed by atoms with Crippen molar-refractivity contribution in [1.29, 1.82) is 0 Å². The van der Waals surface area contributed by atoms with Gasteiger partial charge in [0.25, 0.3) is 0 Å². The summed E-state index contributed by atoms with van der Waals surface area (Å²) in [5.74, 6) is 7.30. The molecule has 0 N–H and O–H groups in total. The maximum atomic E-state index is 13.2. The van der Waals surface area contributed by atoms with Crippen LogP contribution < -0.4 is 0 Å². The number of benzene rings is 1. The molecule has 6 unspecified atom stereocenters. The SMILES string of the molecule is CC.CC.CC.CCCC(C)[C@H]1CCC2C3CCC[C@@H]4C[C@@H](CCC5CC(=O)c6ccccc6C5=O)CC[C@]4(C)C3C[C@H](C)C21C. The summed E-state index contributed by atoms with van der Waals surface area (Å²) in [6, 6.07) is 7.48. The molecule has 0 radical (unpaired) electrons. The molecule has 0 spiro atoms. The Bertz CT molecular complexity index is 1100. The molecule has 5 aliphatic rings. The van der Waals surface area contributed by atoms with Crippen LogP contribution in [-0.2, 0) is 0 Å². The lowest BCUT2D eigenvalue weighted by Gasteiger charge is -2.59. The number of rotatable bonds is 6. The molecule has 11 atom stereocenters. The van der Waals surface area contributed by atoms with Crippen LogP contribution in [0.25, 0.3) is 0 Å². The van der Waals surface area contributed by atoms with E-state index in [0.29, 0.717) is 28.4 Å². The zero-order valence-electron chi connectivity index (χ0n) is 32.2. The Labute approximate surface area is 286 Å². The van der Waals surface area contributed by atoms with Crippen LogP contribution in [0.1, 0.15) is 187 Å². The van der Waals surface area contributed by atoms with Crippen LogP contribution in [0.3, 0.4) is 0 Å². The lowest BCUT2D eigenvalue weighted by atomic mass is 9.45. The molecular weight excluding hydrogens is 560 g/mol. The standard InChI is InChI=1S/C38H56O2.3C2H6/c1-6-10-24(2)32-17-18-33-31-14-9-11-28-22-26(19-20-37(28,4)34(31)21-25(3)38(32,33)5)15-16-27-23-35(39)29-12-7-8-13-30(29)36(27)40;3*1-2/h7-8,12-13,24-28,31-34H,6,9-11,14-23H2,1-5H3;3*1-2H3/t24?,25-,26-,27?,28+,31?,32+,33?,34?,37-,38?;;;/m0.../s1. The Morgan fingerprint density at radius 1 is 0.826 bits per heavy atom. The Hall–Kier alpha value is -1.44. The highest BCUT2D eigenvalue weighted by molar-refractivity contribution is 6.14. The molecule has 0 bridgehead atoms. The zero-order chi connectivity index (χ0) is 34.2. The van der Waals surface area contributed by atoms with Gasteiger partial charge in [-0.3, -0.25) is 9.59 Å². The van der Waals surface area contributed by atoms with Gasteiger partial charge in [0.15, 0.2) is 11.6 Å². The average molecular weight is 635 g/mol. The first-order valence-electron chi connectivity index (χ1n) is 20.3. The normalized spacial score (nSPS) is 38.4. The molecule has 2 heteroatoms. The Kier molecular flexibility index (Phi) is 14.7. The zero-order valence-corrected chi connectivity index (χ0v) is 32.2. The molecule has 0 amide bonds. The van der Waals surface area contributed by atoms with E-state index in [1.165, 1.54) is 70.6 Å². The van der Waals surface area contributed by atoms with Gasteiger partial charge in [0, 0.05) is 23.5 Å². The summed E-state index contributed by atoms with van der Waals surface area (Å²) in [4.78, 5) is 26.0. The van der Waals surface area contributed by atoms with Crippen molar-refractivity contribution in [3.8, 4) is 0 Å². The molecular formula is C44H74O2. The van der Waals surface area contributed by atoms with E-state index in [4.69, 9.17) is 0 Å². The van der Waals surface area contributed by atoms with E-state index in [1.54, 1.807) is 0 Å². The quantitative estimate of drug-likeness (QED) is 0.312. The van der Waals surface area contributed by atoms with Gasteiger partial charge in [0.1, 0.15) is 0 Å². The van der Waals surface area contributed by atoms with E-state index in [0.717, 1.165) is 60.2 Å². The minimum Gasteiger partial charge on any atom is -0.294 e. The molecule has 4 fully saturated rings. The molecule has 0 aliphatic heterocycles. The van der Waals surface area contributed by atoms with Crippen LogP contribution in [-0.4, -0.2) is 11.6 Å².